The normalized spacial score (nSPS) is 10.6. The van der Waals surface area contributed by atoms with E-state index in [0.29, 0.717) is 0 Å². The Morgan fingerprint density at radius 3 is 1.67 bits per heavy atom. The summed E-state index contributed by atoms with van der Waals surface area (Å²) in [5.41, 5.74) is 5.73. The predicted molar refractivity (Wildman–Crippen MR) is 122 cm³/mol. The SMILES string of the molecule is Brc1cccc(N(c2cccc(Br)c2)c2ccccc2-c2ccccc2)c1. The number of anilines is 3. The van der Waals surface area contributed by atoms with Crippen molar-refractivity contribution < 1.29 is 0 Å². The largest absolute Gasteiger partial charge is 0.310 e. The van der Waals surface area contributed by atoms with Crippen molar-refractivity contribution in [3.63, 3.8) is 0 Å². The van der Waals surface area contributed by atoms with Crippen LogP contribution in [0.2, 0.25) is 0 Å². The molecule has 4 aromatic carbocycles. The first-order valence-corrected chi connectivity index (χ1v) is 10.3. The fourth-order valence-corrected chi connectivity index (χ4v) is 3.96. The molecule has 4 aromatic rings. The Bertz CT molecular complexity index is 1010. The van der Waals surface area contributed by atoms with Crippen molar-refractivity contribution in [2.45, 2.75) is 0 Å². The maximum atomic E-state index is 3.62. The van der Waals surface area contributed by atoms with Crippen LogP contribution in [0.1, 0.15) is 0 Å². The molecule has 0 unspecified atom stereocenters. The Labute approximate surface area is 176 Å². The first kappa shape index (κ1) is 18.0. The molecule has 0 aliphatic carbocycles. The van der Waals surface area contributed by atoms with E-state index in [2.05, 4.69) is 122 Å². The highest BCUT2D eigenvalue weighted by Gasteiger charge is 2.17. The van der Waals surface area contributed by atoms with Crippen LogP contribution in [-0.2, 0) is 0 Å². The maximum absolute atomic E-state index is 3.62. The van der Waals surface area contributed by atoms with Gasteiger partial charge in [0.1, 0.15) is 0 Å². The zero-order valence-corrected chi connectivity index (χ0v) is 17.7. The molecule has 0 atom stereocenters. The molecule has 1 nitrogen and oxygen atoms in total. The molecule has 27 heavy (non-hydrogen) atoms. The molecule has 0 aromatic heterocycles. The summed E-state index contributed by atoms with van der Waals surface area (Å²) in [7, 11) is 0. The summed E-state index contributed by atoms with van der Waals surface area (Å²) in [5.74, 6) is 0. The van der Waals surface area contributed by atoms with Gasteiger partial charge in [-0.25, -0.2) is 0 Å². The fraction of sp³-hybridized carbons (Fsp3) is 0. The van der Waals surface area contributed by atoms with E-state index < -0.39 is 0 Å². The van der Waals surface area contributed by atoms with E-state index in [-0.39, 0.29) is 0 Å². The Morgan fingerprint density at radius 1 is 0.519 bits per heavy atom. The first-order chi connectivity index (χ1) is 13.2. The zero-order valence-electron chi connectivity index (χ0n) is 14.5. The topological polar surface area (TPSA) is 3.24 Å². The van der Waals surface area contributed by atoms with E-state index in [1.54, 1.807) is 0 Å². The van der Waals surface area contributed by atoms with Crippen LogP contribution < -0.4 is 4.90 Å². The molecule has 0 saturated carbocycles. The first-order valence-electron chi connectivity index (χ1n) is 8.68. The minimum Gasteiger partial charge on any atom is -0.310 e. The highest BCUT2D eigenvalue weighted by Crippen LogP contribution is 2.41. The van der Waals surface area contributed by atoms with E-state index >= 15 is 0 Å². The van der Waals surface area contributed by atoms with E-state index in [0.717, 1.165) is 26.0 Å². The molecule has 0 bridgehead atoms. The predicted octanol–water partition coefficient (Wildman–Crippen LogP) is 8.35. The molecule has 0 N–H and O–H groups in total. The molecule has 0 fully saturated rings. The van der Waals surface area contributed by atoms with Gasteiger partial charge in [-0.05, 0) is 48.0 Å². The van der Waals surface area contributed by atoms with Crippen LogP contribution >= 0.6 is 31.9 Å². The Balaban J connectivity index is 1.95. The third kappa shape index (κ3) is 4.00. The van der Waals surface area contributed by atoms with Gasteiger partial charge in [0, 0.05) is 25.9 Å². The molecule has 0 aliphatic rings. The van der Waals surface area contributed by atoms with Crippen molar-refractivity contribution in [3.05, 3.63) is 112 Å². The number of halogens is 2. The highest BCUT2D eigenvalue weighted by molar-refractivity contribution is 9.10. The lowest BCUT2D eigenvalue weighted by atomic mass is 10.0. The van der Waals surface area contributed by atoms with Crippen LogP contribution in [0.3, 0.4) is 0 Å². The molecule has 4 rings (SSSR count). The van der Waals surface area contributed by atoms with Crippen molar-refractivity contribution in [3.8, 4) is 11.1 Å². The minimum absolute atomic E-state index is 1.05. The number of para-hydroxylation sites is 1. The lowest BCUT2D eigenvalue weighted by molar-refractivity contribution is 1.28. The van der Waals surface area contributed by atoms with Crippen molar-refractivity contribution >= 4 is 48.9 Å². The van der Waals surface area contributed by atoms with Crippen LogP contribution in [0, 0.1) is 0 Å². The number of nitrogens with zero attached hydrogens (tertiary/aromatic N) is 1. The molecule has 0 radical (unpaired) electrons. The van der Waals surface area contributed by atoms with Gasteiger partial charge < -0.3 is 4.90 Å². The van der Waals surface area contributed by atoms with Crippen LogP contribution in [0.4, 0.5) is 17.1 Å². The van der Waals surface area contributed by atoms with E-state index in [9.17, 15) is 0 Å². The Hall–Kier alpha value is -2.36. The molecule has 132 valence electrons. The van der Waals surface area contributed by atoms with Crippen molar-refractivity contribution in [1.29, 1.82) is 0 Å². The average molecular weight is 479 g/mol. The van der Waals surface area contributed by atoms with E-state index in [1.165, 1.54) is 11.1 Å². The van der Waals surface area contributed by atoms with Crippen LogP contribution in [-0.4, -0.2) is 0 Å². The summed E-state index contributed by atoms with van der Waals surface area (Å²) in [4.78, 5) is 2.29. The Morgan fingerprint density at radius 2 is 1.07 bits per heavy atom. The van der Waals surface area contributed by atoms with Crippen molar-refractivity contribution in [2.24, 2.45) is 0 Å². The molecule has 0 spiro atoms. The zero-order chi connectivity index (χ0) is 18.6. The summed E-state index contributed by atoms with van der Waals surface area (Å²) in [5, 5.41) is 0. The minimum atomic E-state index is 1.05. The highest BCUT2D eigenvalue weighted by atomic mass is 79.9. The Kier molecular flexibility index (Phi) is 5.42. The maximum Gasteiger partial charge on any atom is 0.0540 e. The summed E-state index contributed by atoms with van der Waals surface area (Å²) < 4.78 is 2.11. The fourth-order valence-electron chi connectivity index (χ4n) is 3.19. The van der Waals surface area contributed by atoms with Gasteiger partial charge in [-0.2, -0.15) is 0 Å². The van der Waals surface area contributed by atoms with Gasteiger partial charge in [-0.15, -0.1) is 0 Å². The van der Waals surface area contributed by atoms with Gasteiger partial charge in [-0.3, -0.25) is 0 Å². The quantitative estimate of drug-likeness (QED) is 0.284. The third-order valence-electron chi connectivity index (χ3n) is 4.36. The van der Waals surface area contributed by atoms with Gasteiger partial charge in [0.2, 0.25) is 0 Å². The molecule has 0 amide bonds. The summed E-state index contributed by atoms with van der Waals surface area (Å²) in [6, 6.07) is 35.8. The number of hydrogen-bond donors (Lipinski definition) is 0. The summed E-state index contributed by atoms with van der Waals surface area (Å²) in [6.45, 7) is 0. The monoisotopic (exact) mass is 477 g/mol. The molecule has 0 heterocycles. The lowest BCUT2D eigenvalue weighted by Gasteiger charge is -2.28. The van der Waals surface area contributed by atoms with Gasteiger partial charge in [0.25, 0.3) is 0 Å². The van der Waals surface area contributed by atoms with Crippen LogP contribution in [0.25, 0.3) is 11.1 Å². The second-order valence-corrected chi connectivity index (χ2v) is 8.01. The summed E-state index contributed by atoms with van der Waals surface area (Å²) >= 11 is 7.24. The molecule has 3 heteroatoms. The molecular formula is C24H17Br2N. The number of rotatable bonds is 4. The van der Waals surface area contributed by atoms with Gasteiger partial charge in [0.15, 0.2) is 0 Å². The number of hydrogen-bond acceptors (Lipinski definition) is 1. The van der Waals surface area contributed by atoms with E-state index in [1.807, 2.05) is 18.2 Å². The second-order valence-electron chi connectivity index (χ2n) is 6.18. The van der Waals surface area contributed by atoms with Crippen molar-refractivity contribution in [1.82, 2.24) is 0 Å². The van der Waals surface area contributed by atoms with Gasteiger partial charge in [0.05, 0.1) is 5.69 Å². The molecule has 0 aliphatic heterocycles. The van der Waals surface area contributed by atoms with Crippen LogP contribution in [0.15, 0.2) is 112 Å². The van der Waals surface area contributed by atoms with Crippen molar-refractivity contribution in [2.75, 3.05) is 4.90 Å². The molecule has 0 saturated heterocycles. The standard InChI is InChI=1S/C24H17Br2N/c25-19-10-6-12-21(16-19)27(22-13-7-11-20(26)17-22)24-15-5-4-14-23(24)18-8-2-1-3-9-18/h1-17H. The molecular weight excluding hydrogens is 462 g/mol. The average Bonchev–Trinajstić information content (AvgIpc) is 2.70. The smallest absolute Gasteiger partial charge is 0.0540 e. The lowest BCUT2D eigenvalue weighted by Crippen LogP contribution is -2.11. The number of benzene rings is 4. The summed E-state index contributed by atoms with van der Waals surface area (Å²) in [6.07, 6.45) is 0. The van der Waals surface area contributed by atoms with E-state index in [4.69, 9.17) is 0 Å². The second kappa shape index (κ2) is 8.12. The van der Waals surface area contributed by atoms with Crippen LogP contribution in [0.5, 0.6) is 0 Å². The third-order valence-corrected chi connectivity index (χ3v) is 5.35. The van der Waals surface area contributed by atoms with Gasteiger partial charge >= 0.3 is 0 Å². The van der Waals surface area contributed by atoms with Gasteiger partial charge in [-0.1, -0.05) is 92.5 Å².